The molecule has 1 N–H and O–H groups in total. The fraction of sp³-hybridized carbons (Fsp3) is 0.294. The zero-order chi connectivity index (χ0) is 17.7. The third kappa shape index (κ3) is 4.72. The van der Waals surface area contributed by atoms with Crippen molar-refractivity contribution in [1.29, 1.82) is 0 Å². The summed E-state index contributed by atoms with van der Waals surface area (Å²) in [5, 5.41) is 9.63. The number of halogens is 1. The van der Waals surface area contributed by atoms with Crippen LogP contribution in [-0.2, 0) is 16.1 Å². The van der Waals surface area contributed by atoms with Crippen molar-refractivity contribution in [2.75, 3.05) is 13.2 Å². The second kappa shape index (κ2) is 8.17. The van der Waals surface area contributed by atoms with Gasteiger partial charge in [0.2, 0.25) is 0 Å². The Kier molecular flexibility index (Phi) is 6.23. The van der Waals surface area contributed by atoms with Crippen LogP contribution in [0.1, 0.15) is 27.7 Å². The van der Waals surface area contributed by atoms with Crippen molar-refractivity contribution >= 4 is 34.8 Å². The van der Waals surface area contributed by atoms with Crippen LogP contribution in [0.5, 0.6) is 5.75 Å². The second-order valence-corrected chi connectivity index (χ2v) is 6.99. The lowest BCUT2D eigenvalue weighted by Crippen LogP contribution is -2.33. The van der Waals surface area contributed by atoms with Crippen molar-refractivity contribution in [3.63, 3.8) is 0 Å². The Balaban J connectivity index is 1.92. The molecule has 5 nitrogen and oxygen atoms in total. The predicted molar refractivity (Wildman–Crippen MR) is 93.5 cm³/mol. The van der Waals surface area contributed by atoms with Crippen LogP contribution in [0.25, 0.3) is 0 Å². The molecule has 0 spiro atoms. The quantitative estimate of drug-likeness (QED) is 0.792. The molecule has 0 saturated heterocycles. The molecule has 1 aromatic heterocycles. The first-order valence-corrected chi connectivity index (χ1v) is 8.59. The Hall–Kier alpha value is -2.05. The van der Waals surface area contributed by atoms with Gasteiger partial charge in [-0.15, -0.1) is 11.3 Å². The summed E-state index contributed by atoms with van der Waals surface area (Å²) in [6.07, 6.45) is 0. The minimum atomic E-state index is -0.645. The highest BCUT2D eigenvalue weighted by molar-refractivity contribution is 7.16. The van der Waals surface area contributed by atoms with Gasteiger partial charge in [-0.25, -0.2) is 4.79 Å². The molecule has 1 aromatic carbocycles. The van der Waals surface area contributed by atoms with Crippen molar-refractivity contribution in [2.45, 2.75) is 20.4 Å². The lowest BCUT2D eigenvalue weighted by Gasteiger charge is -2.20. The number of esters is 1. The van der Waals surface area contributed by atoms with E-state index in [1.807, 2.05) is 13.0 Å². The smallest absolute Gasteiger partial charge is 0.338 e. The summed E-state index contributed by atoms with van der Waals surface area (Å²) in [7, 11) is 0. The van der Waals surface area contributed by atoms with Gasteiger partial charge in [-0.05, 0) is 43.7 Å². The van der Waals surface area contributed by atoms with E-state index in [1.165, 1.54) is 17.4 Å². The van der Waals surface area contributed by atoms with Gasteiger partial charge in [-0.2, -0.15) is 0 Å². The van der Waals surface area contributed by atoms with E-state index in [0.717, 1.165) is 4.88 Å². The molecule has 7 heteroatoms. The summed E-state index contributed by atoms with van der Waals surface area (Å²) < 4.78 is 5.71. The zero-order valence-corrected chi connectivity index (χ0v) is 15.0. The number of rotatable bonds is 6. The number of aromatic hydroxyl groups is 1. The lowest BCUT2D eigenvalue weighted by molar-refractivity contribution is -0.134. The normalized spacial score (nSPS) is 10.5. The first-order valence-electron chi connectivity index (χ1n) is 7.39. The molecule has 0 aliphatic heterocycles. The van der Waals surface area contributed by atoms with Gasteiger partial charge in [0, 0.05) is 11.4 Å². The Bertz CT molecular complexity index is 744. The first kappa shape index (κ1) is 18.3. The molecule has 1 heterocycles. The Morgan fingerprint density at radius 2 is 2.04 bits per heavy atom. The number of benzene rings is 1. The van der Waals surface area contributed by atoms with E-state index in [-0.39, 0.29) is 23.8 Å². The largest absolute Gasteiger partial charge is 0.508 e. The van der Waals surface area contributed by atoms with Crippen LogP contribution in [0.15, 0.2) is 30.3 Å². The minimum absolute atomic E-state index is 0.0144. The molecular formula is C17H18ClNO4S. The highest BCUT2D eigenvalue weighted by Crippen LogP contribution is 2.23. The number of thiophene rings is 1. The first-order chi connectivity index (χ1) is 11.4. The molecule has 24 heavy (non-hydrogen) atoms. The molecule has 0 unspecified atom stereocenters. The third-order valence-electron chi connectivity index (χ3n) is 3.48. The third-order valence-corrected chi connectivity index (χ3v) is 4.70. The number of hydrogen-bond donors (Lipinski definition) is 1. The average molecular weight is 368 g/mol. The number of hydrogen-bond acceptors (Lipinski definition) is 5. The number of aryl methyl sites for hydroxylation is 1. The maximum absolute atomic E-state index is 12.2. The van der Waals surface area contributed by atoms with Gasteiger partial charge in [-0.3, -0.25) is 4.79 Å². The van der Waals surface area contributed by atoms with Crippen LogP contribution < -0.4 is 0 Å². The topological polar surface area (TPSA) is 66.8 Å². The van der Waals surface area contributed by atoms with Gasteiger partial charge in [0.05, 0.1) is 16.4 Å². The van der Waals surface area contributed by atoms with Gasteiger partial charge in [0.25, 0.3) is 5.91 Å². The summed E-state index contributed by atoms with van der Waals surface area (Å²) >= 11 is 7.30. The summed E-state index contributed by atoms with van der Waals surface area (Å²) in [6.45, 7) is 4.16. The maximum Gasteiger partial charge on any atom is 0.338 e. The van der Waals surface area contributed by atoms with E-state index in [9.17, 15) is 14.7 Å². The van der Waals surface area contributed by atoms with Crippen LogP contribution in [0.3, 0.4) is 0 Å². The Morgan fingerprint density at radius 3 is 2.62 bits per heavy atom. The number of ether oxygens (including phenoxy) is 1. The molecule has 1 amide bonds. The van der Waals surface area contributed by atoms with Crippen molar-refractivity contribution < 1.29 is 19.4 Å². The molecule has 0 radical (unpaired) electrons. The van der Waals surface area contributed by atoms with E-state index in [1.54, 1.807) is 30.0 Å². The zero-order valence-electron chi connectivity index (χ0n) is 13.4. The summed E-state index contributed by atoms with van der Waals surface area (Å²) in [5.74, 6) is -0.916. The van der Waals surface area contributed by atoms with Gasteiger partial charge >= 0.3 is 5.97 Å². The number of phenolic OH excluding ortho intramolecular Hbond substituents is 1. The number of likely N-dealkylation sites (N-methyl/N-ethyl adjacent to an activating group) is 1. The van der Waals surface area contributed by atoms with Crippen molar-refractivity contribution in [3.05, 3.63) is 50.7 Å². The number of carbonyl (C=O) groups excluding carboxylic acids is 2. The number of phenols is 1. The van der Waals surface area contributed by atoms with Crippen molar-refractivity contribution in [1.82, 2.24) is 4.90 Å². The standard InChI is InChI=1S/C17H18ClNO4S/c1-3-19(9-13-6-7-15(18)24-13)16(21)10-23-17(22)12-5-4-11(2)14(20)8-12/h4-8,20H,3,9-10H2,1-2H3. The Labute approximate surface area is 149 Å². The van der Waals surface area contributed by atoms with Crippen LogP contribution >= 0.6 is 22.9 Å². The molecule has 2 rings (SSSR count). The molecule has 0 aliphatic carbocycles. The maximum atomic E-state index is 12.2. The fourth-order valence-corrected chi connectivity index (χ4v) is 3.14. The second-order valence-electron chi connectivity index (χ2n) is 5.19. The molecular weight excluding hydrogens is 350 g/mol. The van der Waals surface area contributed by atoms with Crippen molar-refractivity contribution in [2.24, 2.45) is 0 Å². The van der Waals surface area contributed by atoms with Gasteiger partial charge in [-0.1, -0.05) is 17.7 Å². The van der Waals surface area contributed by atoms with E-state index in [0.29, 0.717) is 23.0 Å². The van der Waals surface area contributed by atoms with Crippen molar-refractivity contribution in [3.8, 4) is 5.75 Å². The highest BCUT2D eigenvalue weighted by Gasteiger charge is 2.17. The number of carbonyl (C=O) groups is 2. The van der Waals surface area contributed by atoms with Crippen LogP contribution in [-0.4, -0.2) is 35.0 Å². The molecule has 0 fully saturated rings. The number of amides is 1. The molecule has 0 saturated carbocycles. The SMILES string of the molecule is CCN(Cc1ccc(Cl)s1)C(=O)COC(=O)c1ccc(C)c(O)c1. The summed E-state index contributed by atoms with van der Waals surface area (Å²) in [5.41, 5.74) is 0.869. The van der Waals surface area contributed by atoms with Crippen LogP contribution in [0.2, 0.25) is 4.34 Å². The van der Waals surface area contributed by atoms with Gasteiger partial charge < -0.3 is 14.7 Å². The Morgan fingerprint density at radius 1 is 1.29 bits per heavy atom. The van der Waals surface area contributed by atoms with Gasteiger partial charge in [0.1, 0.15) is 5.75 Å². The predicted octanol–water partition coefficient (Wildman–Crippen LogP) is 3.62. The van der Waals surface area contributed by atoms with E-state index >= 15 is 0 Å². The van der Waals surface area contributed by atoms with E-state index in [2.05, 4.69) is 0 Å². The number of nitrogens with zero attached hydrogens (tertiary/aromatic N) is 1. The van der Waals surface area contributed by atoms with E-state index < -0.39 is 5.97 Å². The molecule has 128 valence electrons. The van der Waals surface area contributed by atoms with E-state index in [4.69, 9.17) is 16.3 Å². The van der Waals surface area contributed by atoms with Crippen LogP contribution in [0.4, 0.5) is 0 Å². The summed E-state index contributed by atoms with van der Waals surface area (Å²) in [6, 6.07) is 8.14. The summed E-state index contributed by atoms with van der Waals surface area (Å²) in [4.78, 5) is 26.7. The highest BCUT2D eigenvalue weighted by atomic mass is 35.5. The fourth-order valence-electron chi connectivity index (χ4n) is 2.04. The van der Waals surface area contributed by atoms with Crippen LogP contribution in [0, 0.1) is 6.92 Å². The molecule has 2 aromatic rings. The lowest BCUT2D eigenvalue weighted by atomic mass is 10.1. The monoisotopic (exact) mass is 367 g/mol. The molecule has 0 aliphatic rings. The minimum Gasteiger partial charge on any atom is -0.508 e. The molecule has 0 bridgehead atoms. The average Bonchev–Trinajstić information content (AvgIpc) is 2.97. The van der Waals surface area contributed by atoms with Gasteiger partial charge in [0.15, 0.2) is 6.61 Å². The molecule has 0 atom stereocenters.